The summed E-state index contributed by atoms with van der Waals surface area (Å²) in [6.07, 6.45) is 0.265. The third-order valence-corrected chi connectivity index (χ3v) is 5.02. The van der Waals surface area contributed by atoms with Crippen LogP contribution in [0, 0.1) is 0 Å². The van der Waals surface area contributed by atoms with Crippen molar-refractivity contribution in [2.75, 3.05) is 20.3 Å². The zero-order chi connectivity index (χ0) is 14.0. The van der Waals surface area contributed by atoms with Gasteiger partial charge in [-0.05, 0) is 13.8 Å². The van der Waals surface area contributed by atoms with Crippen LogP contribution in [-0.2, 0) is 19.7 Å². The van der Waals surface area contributed by atoms with Crippen molar-refractivity contribution < 1.29 is 23.1 Å². The minimum atomic E-state index is -3.82. The van der Waals surface area contributed by atoms with E-state index in [4.69, 9.17) is 4.74 Å². The van der Waals surface area contributed by atoms with Crippen molar-refractivity contribution in [3.63, 3.8) is 0 Å². The molecule has 0 unspecified atom stereocenters. The van der Waals surface area contributed by atoms with Crippen LogP contribution in [0.4, 0.5) is 0 Å². The Morgan fingerprint density at radius 2 is 1.89 bits per heavy atom. The minimum absolute atomic E-state index is 0.132. The van der Waals surface area contributed by atoms with Crippen molar-refractivity contribution in [1.29, 1.82) is 0 Å². The van der Waals surface area contributed by atoms with E-state index in [1.807, 2.05) is 0 Å². The van der Waals surface area contributed by atoms with Crippen molar-refractivity contribution in [2.45, 2.75) is 38.3 Å². The SMILES string of the molecule is CC(C)N(C)S(=O)(=O)NC1(C(=O)O)CCOCC1. The number of aliphatic carboxylic acids is 1. The first-order chi connectivity index (χ1) is 8.21. The van der Waals surface area contributed by atoms with Crippen LogP contribution >= 0.6 is 0 Å². The number of carboxylic acid groups (broad SMARTS) is 1. The molecule has 0 aliphatic carbocycles. The fraction of sp³-hybridized carbons (Fsp3) is 0.900. The molecular formula is C10H20N2O5S. The van der Waals surface area contributed by atoms with E-state index >= 15 is 0 Å². The number of hydrogen-bond donors (Lipinski definition) is 2. The Bertz CT molecular complexity index is 400. The molecule has 0 spiro atoms. The van der Waals surface area contributed by atoms with E-state index in [-0.39, 0.29) is 32.1 Å². The molecule has 7 nitrogen and oxygen atoms in total. The molecular weight excluding hydrogens is 260 g/mol. The summed E-state index contributed by atoms with van der Waals surface area (Å²) in [6.45, 7) is 3.91. The monoisotopic (exact) mass is 280 g/mol. The summed E-state index contributed by atoms with van der Waals surface area (Å²) >= 11 is 0. The summed E-state index contributed by atoms with van der Waals surface area (Å²) in [5, 5.41) is 9.27. The Hall–Kier alpha value is -0.700. The lowest BCUT2D eigenvalue weighted by Crippen LogP contribution is -2.60. The highest BCUT2D eigenvalue weighted by atomic mass is 32.2. The highest BCUT2D eigenvalue weighted by Gasteiger charge is 2.44. The van der Waals surface area contributed by atoms with Crippen LogP contribution in [0.3, 0.4) is 0 Å². The van der Waals surface area contributed by atoms with Gasteiger partial charge in [0.1, 0.15) is 5.54 Å². The maximum Gasteiger partial charge on any atom is 0.325 e. The first kappa shape index (κ1) is 15.4. The molecule has 1 fully saturated rings. The van der Waals surface area contributed by atoms with Gasteiger partial charge >= 0.3 is 5.97 Å². The van der Waals surface area contributed by atoms with Crippen LogP contribution in [0.25, 0.3) is 0 Å². The van der Waals surface area contributed by atoms with E-state index in [1.54, 1.807) is 13.8 Å². The number of carbonyl (C=O) groups is 1. The number of nitrogens with zero attached hydrogens (tertiary/aromatic N) is 1. The molecule has 1 saturated heterocycles. The van der Waals surface area contributed by atoms with Crippen LogP contribution in [0.2, 0.25) is 0 Å². The first-order valence-corrected chi connectivity index (χ1v) is 7.23. The van der Waals surface area contributed by atoms with Crippen LogP contribution in [0.1, 0.15) is 26.7 Å². The van der Waals surface area contributed by atoms with E-state index in [0.29, 0.717) is 0 Å². The molecule has 0 aromatic carbocycles. The molecule has 0 amide bonds. The van der Waals surface area contributed by atoms with Gasteiger partial charge in [-0.2, -0.15) is 17.4 Å². The second-order valence-electron chi connectivity index (χ2n) is 4.72. The van der Waals surface area contributed by atoms with E-state index in [0.717, 1.165) is 4.31 Å². The first-order valence-electron chi connectivity index (χ1n) is 5.79. The van der Waals surface area contributed by atoms with Crippen molar-refractivity contribution in [2.24, 2.45) is 0 Å². The second kappa shape index (κ2) is 5.52. The topological polar surface area (TPSA) is 95.9 Å². The molecule has 0 atom stereocenters. The Kier molecular flexibility index (Phi) is 4.71. The fourth-order valence-corrected chi connectivity index (χ4v) is 3.16. The Balaban J connectivity index is 2.94. The van der Waals surface area contributed by atoms with Gasteiger partial charge in [-0.25, -0.2) is 0 Å². The third kappa shape index (κ3) is 3.19. The molecule has 1 aliphatic heterocycles. The minimum Gasteiger partial charge on any atom is -0.480 e. The van der Waals surface area contributed by atoms with Crippen molar-refractivity contribution in [3.05, 3.63) is 0 Å². The molecule has 8 heteroatoms. The summed E-state index contributed by atoms with van der Waals surface area (Å²) in [7, 11) is -2.40. The Morgan fingerprint density at radius 3 is 2.28 bits per heavy atom. The van der Waals surface area contributed by atoms with Crippen LogP contribution in [0.5, 0.6) is 0 Å². The van der Waals surface area contributed by atoms with E-state index in [9.17, 15) is 18.3 Å². The maximum atomic E-state index is 12.1. The van der Waals surface area contributed by atoms with Gasteiger partial charge in [-0.15, -0.1) is 0 Å². The van der Waals surface area contributed by atoms with E-state index in [2.05, 4.69) is 4.72 Å². The summed E-state index contributed by atoms with van der Waals surface area (Å²) in [6, 6.07) is -0.242. The number of ether oxygens (including phenoxy) is 1. The molecule has 1 heterocycles. The van der Waals surface area contributed by atoms with E-state index < -0.39 is 21.7 Å². The average molecular weight is 280 g/mol. The van der Waals surface area contributed by atoms with Gasteiger partial charge in [0.25, 0.3) is 10.2 Å². The quantitative estimate of drug-likeness (QED) is 0.727. The summed E-state index contributed by atoms with van der Waals surface area (Å²) in [4.78, 5) is 11.3. The van der Waals surface area contributed by atoms with Gasteiger partial charge in [-0.1, -0.05) is 0 Å². The van der Waals surface area contributed by atoms with Gasteiger partial charge in [0.2, 0.25) is 0 Å². The molecule has 0 aromatic heterocycles. The van der Waals surface area contributed by atoms with Crippen molar-refractivity contribution in [1.82, 2.24) is 9.03 Å². The van der Waals surface area contributed by atoms with Gasteiger partial charge < -0.3 is 9.84 Å². The Morgan fingerprint density at radius 1 is 1.39 bits per heavy atom. The lowest BCUT2D eigenvalue weighted by atomic mass is 9.92. The standard InChI is InChI=1S/C10H20N2O5S/c1-8(2)12(3)18(15,16)11-10(9(13)14)4-6-17-7-5-10/h8,11H,4-7H2,1-3H3,(H,13,14). The normalized spacial score (nSPS) is 20.3. The fourth-order valence-electron chi connectivity index (χ4n) is 1.68. The van der Waals surface area contributed by atoms with E-state index in [1.165, 1.54) is 7.05 Å². The molecule has 0 saturated carbocycles. The average Bonchev–Trinajstić information content (AvgIpc) is 2.28. The summed E-state index contributed by atoms with van der Waals surface area (Å²) < 4.78 is 32.6. The molecule has 1 rings (SSSR count). The zero-order valence-electron chi connectivity index (χ0n) is 10.8. The molecule has 0 bridgehead atoms. The van der Waals surface area contributed by atoms with Crippen LogP contribution < -0.4 is 4.72 Å². The summed E-state index contributed by atoms with van der Waals surface area (Å²) in [5.74, 6) is -1.16. The van der Waals surface area contributed by atoms with Crippen LogP contribution in [0.15, 0.2) is 0 Å². The number of nitrogens with one attached hydrogen (secondary N) is 1. The third-order valence-electron chi connectivity index (χ3n) is 3.19. The molecule has 1 aliphatic rings. The van der Waals surface area contributed by atoms with Crippen LogP contribution in [-0.4, -0.2) is 55.6 Å². The largest absolute Gasteiger partial charge is 0.480 e. The highest BCUT2D eigenvalue weighted by Crippen LogP contribution is 2.23. The lowest BCUT2D eigenvalue weighted by molar-refractivity contribution is -0.148. The number of carboxylic acids is 1. The maximum absolute atomic E-state index is 12.1. The zero-order valence-corrected chi connectivity index (χ0v) is 11.7. The molecule has 0 aromatic rings. The Labute approximate surface area is 107 Å². The molecule has 18 heavy (non-hydrogen) atoms. The predicted octanol–water partition coefficient (Wildman–Crippen LogP) is -0.205. The number of hydrogen-bond acceptors (Lipinski definition) is 4. The number of rotatable bonds is 5. The van der Waals surface area contributed by atoms with Gasteiger partial charge in [0, 0.05) is 39.1 Å². The molecule has 106 valence electrons. The van der Waals surface area contributed by atoms with Crippen molar-refractivity contribution >= 4 is 16.2 Å². The molecule has 0 radical (unpaired) electrons. The summed E-state index contributed by atoms with van der Waals surface area (Å²) in [5.41, 5.74) is -1.46. The second-order valence-corrected chi connectivity index (χ2v) is 6.45. The van der Waals surface area contributed by atoms with Gasteiger partial charge in [-0.3, -0.25) is 4.79 Å². The predicted molar refractivity (Wildman–Crippen MR) is 65.4 cm³/mol. The highest BCUT2D eigenvalue weighted by molar-refractivity contribution is 7.87. The molecule has 2 N–H and O–H groups in total. The van der Waals surface area contributed by atoms with Crippen molar-refractivity contribution in [3.8, 4) is 0 Å². The van der Waals surface area contributed by atoms with Gasteiger partial charge in [0.15, 0.2) is 0 Å². The smallest absolute Gasteiger partial charge is 0.325 e. The lowest BCUT2D eigenvalue weighted by Gasteiger charge is -2.35. The van der Waals surface area contributed by atoms with Gasteiger partial charge in [0.05, 0.1) is 0 Å².